The Kier molecular flexibility index (Phi) is 6.92. The fraction of sp³-hybridized carbons (Fsp3) is 0.318. The Bertz CT molecular complexity index is 1300. The van der Waals surface area contributed by atoms with Crippen LogP contribution in [0.2, 0.25) is 0 Å². The molecule has 1 amide bonds. The van der Waals surface area contributed by atoms with Gasteiger partial charge in [-0.2, -0.15) is 13.2 Å². The predicted molar refractivity (Wildman–Crippen MR) is 121 cm³/mol. The molecule has 1 saturated heterocycles. The van der Waals surface area contributed by atoms with Crippen molar-refractivity contribution >= 4 is 38.8 Å². The van der Waals surface area contributed by atoms with Gasteiger partial charge in [-0.15, -0.1) is 0 Å². The van der Waals surface area contributed by atoms with Crippen molar-refractivity contribution < 1.29 is 30.8 Å². The first-order chi connectivity index (χ1) is 16.1. The molecule has 0 spiro atoms. The van der Waals surface area contributed by atoms with Crippen molar-refractivity contribution in [3.63, 3.8) is 0 Å². The zero-order chi connectivity index (χ0) is 24.5. The molecular formula is C22H21F4N3O3S2. The van der Waals surface area contributed by atoms with Gasteiger partial charge in [-0.25, -0.2) is 16.8 Å². The second kappa shape index (κ2) is 9.59. The summed E-state index contributed by atoms with van der Waals surface area (Å²) in [7, 11) is -4.43. The third-order valence-corrected chi connectivity index (χ3v) is 8.01. The number of nitrogens with one attached hydrogen (secondary N) is 1. The van der Waals surface area contributed by atoms with Gasteiger partial charge in [0.05, 0.1) is 5.52 Å². The van der Waals surface area contributed by atoms with Crippen LogP contribution in [0.3, 0.4) is 0 Å². The van der Waals surface area contributed by atoms with Gasteiger partial charge in [0.1, 0.15) is 16.4 Å². The number of alkyl halides is 3. The molecule has 1 aromatic heterocycles. The van der Waals surface area contributed by atoms with Crippen molar-refractivity contribution in [1.29, 1.82) is 0 Å². The van der Waals surface area contributed by atoms with Gasteiger partial charge >= 0.3 is 5.51 Å². The number of likely N-dealkylation sites (tertiary alicyclic amines) is 1. The summed E-state index contributed by atoms with van der Waals surface area (Å²) >= 11 is -0.294. The van der Waals surface area contributed by atoms with Crippen molar-refractivity contribution in [2.24, 2.45) is 5.92 Å². The highest BCUT2D eigenvalue weighted by Crippen LogP contribution is 2.30. The monoisotopic (exact) mass is 515 g/mol. The number of aromatic nitrogens is 1. The molecule has 1 N–H and O–H groups in total. The number of carbonyl (C=O) groups is 1. The number of nitrogens with zero attached hydrogens (tertiary/aromatic N) is 2. The van der Waals surface area contributed by atoms with Crippen LogP contribution in [0.4, 0.5) is 17.6 Å². The van der Waals surface area contributed by atoms with E-state index in [4.69, 9.17) is 0 Å². The summed E-state index contributed by atoms with van der Waals surface area (Å²) in [6, 6.07) is 13.0. The molecule has 0 aliphatic carbocycles. The molecule has 4 rings (SSSR count). The normalized spacial score (nSPS) is 15.7. The molecule has 0 unspecified atom stereocenters. The van der Waals surface area contributed by atoms with Crippen LogP contribution in [0, 0.1) is 11.7 Å². The molecule has 0 atom stereocenters. The van der Waals surface area contributed by atoms with Crippen LogP contribution >= 0.6 is 11.9 Å². The molecule has 34 heavy (non-hydrogen) atoms. The number of piperidine rings is 1. The topological polar surface area (TPSA) is 71.4 Å². The maximum atomic E-state index is 14.4. The minimum absolute atomic E-state index is 0.0492. The molecule has 0 radical (unpaired) electrons. The van der Waals surface area contributed by atoms with Gasteiger partial charge in [0.2, 0.25) is 0 Å². The summed E-state index contributed by atoms with van der Waals surface area (Å²) in [6.07, 6.45) is 0.939. The summed E-state index contributed by atoms with van der Waals surface area (Å²) < 4.78 is 81.4. The third kappa shape index (κ3) is 5.08. The molecule has 6 nitrogen and oxygen atoms in total. The molecule has 2 heterocycles. The predicted octanol–water partition coefficient (Wildman–Crippen LogP) is 4.63. The number of hydrogen-bond acceptors (Lipinski definition) is 5. The molecule has 0 bridgehead atoms. The van der Waals surface area contributed by atoms with Gasteiger partial charge in [-0.3, -0.25) is 9.52 Å². The third-order valence-electron chi connectivity index (χ3n) is 5.70. The van der Waals surface area contributed by atoms with Gasteiger partial charge in [0.25, 0.3) is 15.9 Å². The van der Waals surface area contributed by atoms with Gasteiger partial charge < -0.3 is 4.90 Å². The Balaban J connectivity index is 1.60. The first-order valence-corrected chi connectivity index (χ1v) is 12.7. The van der Waals surface area contributed by atoms with Gasteiger partial charge in [0.15, 0.2) is 0 Å². The minimum atomic E-state index is -4.43. The van der Waals surface area contributed by atoms with Gasteiger partial charge in [0, 0.05) is 37.0 Å². The fourth-order valence-electron chi connectivity index (χ4n) is 4.03. The molecule has 3 aromatic rings. The minimum Gasteiger partial charge on any atom is -0.337 e. The number of amides is 1. The second-order valence-corrected chi connectivity index (χ2v) is 10.6. The Morgan fingerprint density at radius 1 is 1.06 bits per heavy atom. The SMILES string of the molecule is O=C(c1cc2ccccc2n1S(=O)(=O)c1ccccc1F)N1CCC(CNSC(F)(F)F)CC1. The lowest BCUT2D eigenvalue weighted by Gasteiger charge is -2.32. The maximum absolute atomic E-state index is 14.4. The Morgan fingerprint density at radius 2 is 1.71 bits per heavy atom. The van der Waals surface area contributed by atoms with Crippen molar-refractivity contribution in [1.82, 2.24) is 13.6 Å². The van der Waals surface area contributed by atoms with Crippen LogP contribution in [0.5, 0.6) is 0 Å². The highest BCUT2D eigenvalue weighted by molar-refractivity contribution is 7.98. The van der Waals surface area contributed by atoms with E-state index in [1.807, 2.05) is 0 Å². The summed E-state index contributed by atoms with van der Waals surface area (Å²) in [5, 5.41) is 0.508. The van der Waals surface area contributed by atoms with E-state index in [0.29, 0.717) is 18.2 Å². The van der Waals surface area contributed by atoms with Crippen LogP contribution < -0.4 is 4.72 Å². The number of fused-ring (bicyclic) bond motifs is 1. The van der Waals surface area contributed by atoms with Gasteiger partial charge in [-0.1, -0.05) is 30.3 Å². The van der Waals surface area contributed by atoms with Crippen molar-refractivity contribution in [2.45, 2.75) is 23.2 Å². The molecule has 1 fully saturated rings. The van der Waals surface area contributed by atoms with E-state index in [1.165, 1.54) is 23.1 Å². The van der Waals surface area contributed by atoms with Crippen LogP contribution in [0.1, 0.15) is 23.3 Å². The van der Waals surface area contributed by atoms with Crippen LogP contribution in [0.15, 0.2) is 59.5 Å². The Labute approximate surface area is 198 Å². The molecule has 1 aliphatic rings. The standard InChI is InChI=1S/C22H21F4N3O3S2/c23-17-6-2-4-8-20(17)34(31,32)29-18-7-3-1-5-16(18)13-19(29)21(30)28-11-9-15(10-12-28)14-27-33-22(24,25)26/h1-8,13,15,27H,9-12,14H2. The molecule has 2 aromatic carbocycles. The zero-order valence-corrected chi connectivity index (χ0v) is 19.4. The van der Waals surface area contributed by atoms with E-state index in [-0.39, 0.29) is 48.7 Å². The number of carbonyl (C=O) groups excluding carboxylic acids is 1. The summed E-state index contributed by atoms with van der Waals surface area (Å²) in [5.74, 6) is -1.51. The van der Waals surface area contributed by atoms with E-state index < -0.39 is 32.2 Å². The van der Waals surface area contributed by atoms with Crippen molar-refractivity contribution in [3.8, 4) is 0 Å². The molecular weight excluding hydrogens is 494 g/mol. The largest absolute Gasteiger partial charge is 0.456 e. The number of hydrogen-bond donors (Lipinski definition) is 1. The lowest BCUT2D eigenvalue weighted by atomic mass is 9.97. The fourth-order valence-corrected chi connectivity index (χ4v) is 6.09. The van der Waals surface area contributed by atoms with E-state index in [2.05, 4.69) is 4.72 Å². The quantitative estimate of drug-likeness (QED) is 0.383. The van der Waals surface area contributed by atoms with Gasteiger partial charge in [-0.05, 0) is 43.0 Å². The average Bonchev–Trinajstić information content (AvgIpc) is 3.19. The Hall–Kier alpha value is -2.57. The highest BCUT2D eigenvalue weighted by atomic mass is 32.2. The summed E-state index contributed by atoms with van der Waals surface area (Å²) in [5.41, 5.74) is -4.24. The molecule has 1 aliphatic heterocycles. The number of halogens is 4. The summed E-state index contributed by atoms with van der Waals surface area (Å²) in [4.78, 5) is 14.3. The van der Waals surface area contributed by atoms with Crippen LogP contribution in [-0.4, -0.2) is 48.3 Å². The molecule has 182 valence electrons. The Morgan fingerprint density at radius 3 is 2.38 bits per heavy atom. The average molecular weight is 516 g/mol. The zero-order valence-electron chi connectivity index (χ0n) is 17.8. The number of para-hydroxylation sites is 1. The van der Waals surface area contributed by atoms with E-state index in [1.54, 1.807) is 24.3 Å². The van der Waals surface area contributed by atoms with Crippen molar-refractivity contribution in [3.05, 3.63) is 66.1 Å². The summed E-state index contributed by atoms with van der Waals surface area (Å²) in [6.45, 7) is 0.681. The number of rotatable bonds is 6. The van der Waals surface area contributed by atoms with E-state index in [9.17, 15) is 30.8 Å². The smallest absolute Gasteiger partial charge is 0.337 e. The lowest BCUT2D eigenvalue weighted by molar-refractivity contribution is -0.0336. The molecule has 0 saturated carbocycles. The second-order valence-electron chi connectivity index (χ2n) is 7.92. The van der Waals surface area contributed by atoms with E-state index in [0.717, 1.165) is 16.1 Å². The lowest BCUT2D eigenvalue weighted by Crippen LogP contribution is -2.41. The van der Waals surface area contributed by atoms with Crippen LogP contribution in [0.25, 0.3) is 10.9 Å². The van der Waals surface area contributed by atoms with Crippen molar-refractivity contribution in [2.75, 3.05) is 19.6 Å². The molecule has 12 heteroatoms. The first-order valence-electron chi connectivity index (χ1n) is 10.5. The highest BCUT2D eigenvalue weighted by Gasteiger charge is 2.33. The van der Waals surface area contributed by atoms with Crippen LogP contribution in [-0.2, 0) is 10.0 Å². The number of benzene rings is 2. The van der Waals surface area contributed by atoms with E-state index >= 15 is 0 Å². The maximum Gasteiger partial charge on any atom is 0.456 e. The first kappa shape index (κ1) is 24.6.